The molecule has 8 heteroatoms. The van der Waals surface area contributed by atoms with Crippen LogP contribution in [-0.4, -0.2) is 45.9 Å². The number of esters is 1. The van der Waals surface area contributed by atoms with Crippen LogP contribution in [-0.2, 0) is 16.1 Å². The minimum Gasteiger partial charge on any atom is -0.542 e. The lowest BCUT2D eigenvalue weighted by molar-refractivity contribution is -0.149. The molecule has 0 spiro atoms. The van der Waals surface area contributed by atoms with Crippen LogP contribution in [0, 0.1) is 5.92 Å². The number of fused-ring (bicyclic) bond motifs is 1. The van der Waals surface area contributed by atoms with E-state index in [9.17, 15) is 4.79 Å². The maximum Gasteiger partial charge on any atom is 0.499 e. The number of rotatable bonds is 7. The fourth-order valence-electron chi connectivity index (χ4n) is 3.28. The van der Waals surface area contributed by atoms with Crippen molar-refractivity contribution in [1.29, 1.82) is 0 Å². The third-order valence-corrected chi connectivity index (χ3v) is 6.97. The molecule has 2 heterocycles. The van der Waals surface area contributed by atoms with Crippen molar-refractivity contribution < 1.29 is 14.2 Å². The molecule has 1 aromatic heterocycles. The topological polar surface area (TPSA) is 51.7 Å². The summed E-state index contributed by atoms with van der Waals surface area (Å²) in [4.78, 5) is 19.0. The van der Waals surface area contributed by atoms with E-state index < -0.39 is 0 Å². The fraction of sp³-hybridized carbons (Fsp3) is 0.474. The first-order chi connectivity index (χ1) is 13.1. The summed E-state index contributed by atoms with van der Waals surface area (Å²) in [6.45, 7) is 4.94. The summed E-state index contributed by atoms with van der Waals surface area (Å²) in [6, 6.07) is 10.2. The fourth-order valence-corrected chi connectivity index (χ4v) is 3.78. The van der Waals surface area contributed by atoms with Crippen molar-refractivity contribution in [2.75, 3.05) is 26.0 Å². The van der Waals surface area contributed by atoms with Gasteiger partial charge in [0.05, 0.1) is 23.7 Å². The third kappa shape index (κ3) is 5.74. The van der Waals surface area contributed by atoms with E-state index in [-0.39, 0.29) is 15.9 Å². The van der Waals surface area contributed by atoms with Crippen molar-refractivity contribution in [3.05, 3.63) is 36.0 Å². The minimum atomic E-state index is -0.0470. The molecule has 0 atom stereocenters. The zero-order chi connectivity index (χ0) is 19.2. The van der Waals surface area contributed by atoms with Crippen molar-refractivity contribution >= 4 is 54.9 Å². The van der Waals surface area contributed by atoms with Gasteiger partial charge in [0, 0.05) is 11.9 Å². The van der Waals surface area contributed by atoms with Gasteiger partial charge in [-0.3, -0.25) is 14.7 Å². The van der Waals surface area contributed by atoms with E-state index in [1.807, 2.05) is 31.4 Å². The van der Waals surface area contributed by atoms with Crippen LogP contribution in [0.1, 0.15) is 25.5 Å². The van der Waals surface area contributed by atoms with Gasteiger partial charge in [-0.1, -0.05) is 28.4 Å². The molecule has 5 nitrogen and oxygen atoms in total. The molecule has 0 amide bonds. The third-order valence-electron chi connectivity index (χ3n) is 4.73. The number of likely N-dealkylation sites (tertiary alicyclic amines) is 1. The summed E-state index contributed by atoms with van der Waals surface area (Å²) in [5.41, 5.74) is 2.04. The Bertz CT molecular complexity index is 787. The van der Waals surface area contributed by atoms with Gasteiger partial charge in [0.15, 0.2) is 0 Å². The Morgan fingerprint density at radius 1 is 1.33 bits per heavy atom. The average Bonchev–Trinajstić information content (AvgIpc) is 2.68. The molecule has 144 valence electrons. The molecule has 1 saturated heterocycles. The van der Waals surface area contributed by atoms with Gasteiger partial charge in [0.1, 0.15) is 5.75 Å². The lowest BCUT2D eigenvalue weighted by Crippen LogP contribution is -2.36. The summed E-state index contributed by atoms with van der Waals surface area (Å²) in [6.07, 6.45) is 3.75. The molecule has 1 aliphatic rings. The van der Waals surface area contributed by atoms with E-state index in [4.69, 9.17) is 14.4 Å². The Morgan fingerprint density at radius 3 is 2.81 bits per heavy atom. The van der Waals surface area contributed by atoms with Gasteiger partial charge in [-0.05, 0) is 63.4 Å². The summed E-state index contributed by atoms with van der Waals surface area (Å²) in [5.74, 6) is 0.869. The van der Waals surface area contributed by atoms with Crippen molar-refractivity contribution in [3.8, 4) is 5.75 Å². The molecule has 0 aliphatic carbocycles. The number of carbonyl (C=O) groups is 1. The Hall–Kier alpha value is -0.995. The zero-order valence-electron chi connectivity index (χ0n) is 15.7. The summed E-state index contributed by atoms with van der Waals surface area (Å²) < 4.78 is 11.1. The molecule has 3 rings (SSSR count). The predicted molar refractivity (Wildman–Crippen MR) is 120 cm³/mol. The number of piperidine rings is 1. The van der Waals surface area contributed by atoms with Crippen LogP contribution in [0.4, 0.5) is 0 Å². The van der Waals surface area contributed by atoms with Crippen molar-refractivity contribution in [3.63, 3.8) is 0 Å². The highest BCUT2D eigenvalue weighted by atomic mass is 127. The number of hydrogen-bond acceptors (Lipinski definition) is 6. The summed E-state index contributed by atoms with van der Waals surface area (Å²) >= 11 is 3.93. The Kier molecular flexibility index (Phi) is 7.66. The van der Waals surface area contributed by atoms with Crippen LogP contribution in [0.25, 0.3) is 10.9 Å². The van der Waals surface area contributed by atoms with Gasteiger partial charge in [0.25, 0.3) is 0 Å². The van der Waals surface area contributed by atoms with E-state index in [0.717, 1.165) is 54.8 Å². The zero-order valence-corrected chi connectivity index (χ0v) is 18.7. The highest BCUT2D eigenvalue weighted by Gasteiger charge is 2.26. The number of benzene rings is 1. The molecule has 2 aromatic rings. The van der Waals surface area contributed by atoms with E-state index in [2.05, 4.69) is 39.4 Å². The molecule has 1 aromatic carbocycles. The van der Waals surface area contributed by atoms with Crippen LogP contribution < -0.4 is 4.65 Å². The van der Waals surface area contributed by atoms with Gasteiger partial charge in [-0.2, -0.15) is 11.6 Å². The number of nitrogens with zero attached hydrogens (tertiary/aromatic N) is 2. The quantitative estimate of drug-likeness (QED) is 0.325. The molecular weight excluding hydrogens is 474 g/mol. The second-order valence-corrected chi connectivity index (χ2v) is 9.46. The van der Waals surface area contributed by atoms with Crippen LogP contribution in [0.2, 0.25) is 0 Å². The van der Waals surface area contributed by atoms with Gasteiger partial charge in [0.2, 0.25) is 0 Å². The molecule has 1 aliphatic heterocycles. The number of pyridine rings is 1. The largest absolute Gasteiger partial charge is 0.542 e. The normalized spacial score (nSPS) is 15.7. The molecule has 0 radical (unpaired) electrons. The Balaban J connectivity index is 1.59. The van der Waals surface area contributed by atoms with Crippen molar-refractivity contribution in [1.82, 2.24) is 9.88 Å². The molecule has 1 fully saturated rings. The highest BCUT2D eigenvalue weighted by molar-refractivity contribution is 14.1. The lowest BCUT2D eigenvalue weighted by Gasteiger charge is -2.30. The molecule has 0 N–H and O–H groups in total. The first-order valence-corrected chi connectivity index (χ1v) is 11.7. The smallest absolute Gasteiger partial charge is 0.499 e. The molecule has 0 bridgehead atoms. The van der Waals surface area contributed by atoms with Crippen LogP contribution in [0.3, 0.4) is 0 Å². The summed E-state index contributed by atoms with van der Waals surface area (Å²) in [7, 11) is 0. The van der Waals surface area contributed by atoms with Crippen molar-refractivity contribution in [2.24, 2.45) is 5.92 Å². The van der Waals surface area contributed by atoms with Crippen molar-refractivity contribution in [2.45, 2.75) is 26.3 Å². The summed E-state index contributed by atoms with van der Waals surface area (Å²) in [5, 5.41) is 1.09. The van der Waals surface area contributed by atoms with E-state index in [1.165, 1.54) is 0 Å². The van der Waals surface area contributed by atoms with Gasteiger partial charge in [-0.25, -0.2) is 0 Å². The number of hydrogen-bond donors (Lipinski definition) is 0. The molecule has 0 unspecified atom stereocenters. The number of ether oxygens (including phenoxy) is 1. The van der Waals surface area contributed by atoms with Gasteiger partial charge < -0.3 is 9.39 Å². The van der Waals surface area contributed by atoms with E-state index in [1.54, 1.807) is 11.6 Å². The standard InChI is InChI=1S/C19H24BIN2O3S/c1-3-25-19(24)14-8-10-23(11-9-14)13-16-5-4-15-12-17(26-20(21)27-2)6-7-18(15)22-16/h4-7,12,14H,3,8-11,13H2,1-2H3. The predicted octanol–water partition coefficient (Wildman–Crippen LogP) is 4.17. The monoisotopic (exact) mass is 498 g/mol. The average molecular weight is 498 g/mol. The first-order valence-electron chi connectivity index (χ1n) is 9.21. The molecular formula is C19H24BIN2O3S. The minimum absolute atomic E-state index is 0.0470. The van der Waals surface area contributed by atoms with E-state index >= 15 is 0 Å². The van der Waals surface area contributed by atoms with Gasteiger partial charge >= 0.3 is 10.0 Å². The second kappa shape index (κ2) is 9.98. The molecule has 27 heavy (non-hydrogen) atoms. The van der Waals surface area contributed by atoms with Crippen LogP contribution in [0.15, 0.2) is 30.3 Å². The first kappa shape index (κ1) is 20.7. The Morgan fingerprint density at radius 2 is 2.11 bits per heavy atom. The second-order valence-electron chi connectivity index (χ2n) is 6.59. The maximum atomic E-state index is 11.9. The highest BCUT2D eigenvalue weighted by Crippen LogP contribution is 2.24. The van der Waals surface area contributed by atoms with E-state index in [0.29, 0.717) is 6.61 Å². The Labute approximate surface area is 178 Å². The van der Waals surface area contributed by atoms with Crippen LogP contribution >= 0.6 is 34.0 Å². The number of aromatic nitrogens is 1. The van der Waals surface area contributed by atoms with Crippen LogP contribution in [0.5, 0.6) is 5.75 Å². The van der Waals surface area contributed by atoms with Gasteiger partial charge in [-0.15, -0.1) is 0 Å². The number of carbonyl (C=O) groups excluding carboxylic acids is 1. The maximum absolute atomic E-state index is 11.9. The SMILES string of the molecule is CCOC(=O)C1CCN(Cc2ccc3cc(OB(I)SC)ccc3n2)CC1. The molecule has 0 saturated carbocycles. The number of halogens is 1. The lowest BCUT2D eigenvalue weighted by atomic mass is 9.97.